The highest BCUT2D eigenvalue weighted by Gasteiger charge is 2.18. The van der Waals surface area contributed by atoms with Crippen LogP contribution in [0.3, 0.4) is 0 Å². The Labute approximate surface area is 97.7 Å². The number of hydrogen-bond acceptors (Lipinski definition) is 4. The monoisotopic (exact) mass is 240 g/mol. The second-order valence-corrected chi connectivity index (χ2v) is 3.45. The fraction of sp³-hybridized carbons (Fsp3) is 0.273. The van der Waals surface area contributed by atoms with E-state index in [2.05, 4.69) is 10.1 Å². The number of carbonyl (C=O) groups is 2. The lowest BCUT2D eigenvalue weighted by Crippen LogP contribution is -2.39. The number of esters is 1. The van der Waals surface area contributed by atoms with Crippen LogP contribution in [0.5, 0.6) is 0 Å². The highest BCUT2D eigenvalue weighted by atomic mass is 19.1. The maximum absolute atomic E-state index is 12.9. The van der Waals surface area contributed by atoms with Gasteiger partial charge in [-0.2, -0.15) is 0 Å². The average molecular weight is 240 g/mol. The summed E-state index contributed by atoms with van der Waals surface area (Å²) in [6.07, 6.45) is 0. The smallest absolute Gasteiger partial charge is 0.328 e. The van der Waals surface area contributed by atoms with Gasteiger partial charge in [-0.3, -0.25) is 4.79 Å². The Bertz CT molecular complexity index is 448. The summed E-state index contributed by atoms with van der Waals surface area (Å²) >= 11 is 0. The molecule has 0 saturated carbocycles. The third-order valence-corrected chi connectivity index (χ3v) is 2.16. The summed E-state index contributed by atoms with van der Waals surface area (Å²) in [6, 6.07) is 2.62. The summed E-state index contributed by atoms with van der Waals surface area (Å²) in [6.45, 7) is 1.46. The number of nitrogens with two attached hydrogens (primary N) is 1. The lowest BCUT2D eigenvalue weighted by atomic mass is 10.1. The number of anilines is 1. The summed E-state index contributed by atoms with van der Waals surface area (Å²) in [4.78, 5) is 22.8. The van der Waals surface area contributed by atoms with Crippen LogP contribution in [0.4, 0.5) is 10.1 Å². The minimum absolute atomic E-state index is 0.0132. The van der Waals surface area contributed by atoms with Gasteiger partial charge in [0.15, 0.2) is 0 Å². The predicted octanol–water partition coefficient (Wildman–Crippen LogP) is 0.699. The van der Waals surface area contributed by atoms with Crippen LogP contribution in [-0.4, -0.2) is 25.0 Å². The van der Waals surface area contributed by atoms with Gasteiger partial charge >= 0.3 is 5.97 Å². The van der Waals surface area contributed by atoms with Crippen molar-refractivity contribution in [2.24, 2.45) is 0 Å². The van der Waals surface area contributed by atoms with Crippen molar-refractivity contribution < 1.29 is 18.7 Å². The van der Waals surface area contributed by atoms with Crippen LogP contribution in [0.15, 0.2) is 18.2 Å². The van der Waals surface area contributed by atoms with Crippen LogP contribution >= 0.6 is 0 Å². The molecule has 0 saturated heterocycles. The number of benzene rings is 1. The zero-order valence-corrected chi connectivity index (χ0v) is 9.49. The zero-order valence-electron chi connectivity index (χ0n) is 9.49. The number of ether oxygens (including phenoxy) is 1. The van der Waals surface area contributed by atoms with Gasteiger partial charge in [-0.1, -0.05) is 0 Å². The van der Waals surface area contributed by atoms with Gasteiger partial charge in [-0.25, -0.2) is 9.18 Å². The van der Waals surface area contributed by atoms with E-state index in [1.54, 1.807) is 0 Å². The van der Waals surface area contributed by atoms with E-state index in [9.17, 15) is 14.0 Å². The van der Waals surface area contributed by atoms with Crippen molar-refractivity contribution in [3.63, 3.8) is 0 Å². The molecule has 0 heterocycles. The van der Waals surface area contributed by atoms with Crippen LogP contribution in [0, 0.1) is 5.82 Å². The highest BCUT2D eigenvalue weighted by Crippen LogP contribution is 2.13. The summed E-state index contributed by atoms with van der Waals surface area (Å²) in [5.41, 5.74) is 5.66. The van der Waals surface area contributed by atoms with E-state index in [1.165, 1.54) is 20.1 Å². The van der Waals surface area contributed by atoms with Gasteiger partial charge in [-0.15, -0.1) is 0 Å². The molecule has 1 rings (SSSR count). The minimum atomic E-state index is -0.824. The van der Waals surface area contributed by atoms with Crippen LogP contribution in [-0.2, 0) is 9.53 Å². The van der Waals surface area contributed by atoms with Crippen molar-refractivity contribution in [3.05, 3.63) is 29.6 Å². The molecule has 0 fully saturated rings. The first-order valence-corrected chi connectivity index (χ1v) is 4.89. The molecule has 92 valence electrons. The molecule has 0 aliphatic carbocycles. The van der Waals surface area contributed by atoms with Gasteiger partial charge in [0.1, 0.15) is 11.9 Å². The van der Waals surface area contributed by atoms with Crippen molar-refractivity contribution in [1.29, 1.82) is 0 Å². The maximum Gasteiger partial charge on any atom is 0.328 e. The topological polar surface area (TPSA) is 81.4 Å². The number of rotatable bonds is 3. The number of carbonyl (C=O) groups excluding carboxylic acids is 2. The standard InChI is InChI=1S/C11H13FN2O3/c1-6(11(16)17-2)14-10(15)8-5-7(12)3-4-9(8)13/h3-6H,13H2,1-2H3,(H,14,15)/t6-/m0/s1. The van der Waals surface area contributed by atoms with Gasteiger partial charge in [0, 0.05) is 5.69 Å². The van der Waals surface area contributed by atoms with Crippen LogP contribution in [0.25, 0.3) is 0 Å². The molecule has 0 bridgehead atoms. The van der Waals surface area contributed by atoms with Crippen molar-refractivity contribution in [2.75, 3.05) is 12.8 Å². The molecular formula is C11H13FN2O3. The van der Waals surface area contributed by atoms with Gasteiger partial charge in [0.05, 0.1) is 12.7 Å². The number of halogens is 1. The van der Waals surface area contributed by atoms with Gasteiger partial charge < -0.3 is 15.8 Å². The Hall–Kier alpha value is -2.11. The van der Waals surface area contributed by atoms with E-state index >= 15 is 0 Å². The molecule has 0 aromatic heterocycles. The first kappa shape index (κ1) is 13.0. The molecule has 6 heteroatoms. The molecule has 1 aromatic carbocycles. The van der Waals surface area contributed by atoms with Crippen molar-refractivity contribution in [2.45, 2.75) is 13.0 Å². The Balaban J connectivity index is 2.83. The third-order valence-electron chi connectivity index (χ3n) is 2.16. The summed E-state index contributed by atoms with van der Waals surface area (Å²) in [7, 11) is 1.21. The maximum atomic E-state index is 12.9. The second-order valence-electron chi connectivity index (χ2n) is 3.45. The lowest BCUT2D eigenvalue weighted by Gasteiger charge is -2.12. The molecule has 5 nitrogen and oxygen atoms in total. The van der Waals surface area contributed by atoms with Crippen LogP contribution in [0.2, 0.25) is 0 Å². The first-order chi connectivity index (χ1) is 7.95. The van der Waals surface area contributed by atoms with E-state index in [0.29, 0.717) is 0 Å². The van der Waals surface area contributed by atoms with E-state index < -0.39 is 23.7 Å². The summed E-state index contributed by atoms with van der Waals surface area (Å²) < 4.78 is 17.4. The molecular weight excluding hydrogens is 227 g/mol. The summed E-state index contributed by atoms with van der Waals surface area (Å²) in [5.74, 6) is -1.79. The lowest BCUT2D eigenvalue weighted by molar-refractivity contribution is -0.142. The molecule has 0 unspecified atom stereocenters. The first-order valence-electron chi connectivity index (χ1n) is 4.89. The Morgan fingerprint density at radius 1 is 1.47 bits per heavy atom. The predicted molar refractivity (Wildman–Crippen MR) is 59.8 cm³/mol. The van der Waals surface area contributed by atoms with Gasteiger partial charge in [0.2, 0.25) is 0 Å². The second kappa shape index (κ2) is 5.29. The number of hydrogen-bond donors (Lipinski definition) is 2. The van der Waals surface area contributed by atoms with E-state index in [0.717, 1.165) is 12.1 Å². The third kappa shape index (κ3) is 3.17. The molecule has 0 radical (unpaired) electrons. The van der Waals surface area contributed by atoms with Crippen molar-refractivity contribution in [1.82, 2.24) is 5.32 Å². The molecule has 0 aliphatic rings. The molecule has 1 aromatic rings. The Morgan fingerprint density at radius 3 is 2.71 bits per heavy atom. The summed E-state index contributed by atoms with van der Waals surface area (Å²) in [5, 5.41) is 2.35. The van der Waals surface area contributed by atoms with E-state index in [1.807, 2.05) is 0 Å². The van der Waals surface area contributed by atoms with Gasteiger partial charge in [-0.05, 0) is 25.1 Å². The molecule has 0 spiro atoms. The van der Waals surface area contributed by atoms with Crippen LogP contribution < -0.4 is 11.1 Å². The van der Waals surface area contributed by atoms with Crippen LogP contribution in [0.1, 0.15) is 17.3 Å². The van der Waals surface area contributed by atoms with E-state index in [-0.39, 0.29) is 11.3 Å². The average Bonchev–Trinajstić information content (AvgIpc) is 2.30. The van der Waals surface area contributed by atoms with Crippen molar-refractivity contribution >= 4 is 17.6 Å². The number of methoxy groups -OCH3 is 1. The Kier molecular flexibility index (Phi) is 4.03. The SMILES string of the molecule is COC(=O)[C@H](C)NC(=O)c1cc(F)ccc1N. The number of nitrogen functional groups attached to an aromatic ring is 1. The molecule has 1 amide bonds. The largest absolute Gasteiger partial charge is 0.467 e. The van der Waals surface area contributed by atoms with Gasteiger partial charge in [0.25, 0.3) is 5.91 Å². The fourth-order valence-corrected chi connectivity index (χ4v) is 1.24. The molecule has 17 heavy (non-hydrogen) atoms. The van der Waals surface area contributed by atoms with Crippen molar-refractivity contribution in [3.8, 4) is 0 Å². The Morgan fingerprint density at radius 2 is 2.12 bits per heavy atom. The number of amides is 1. The highest BCUT2D eigenvalue weighted by molar-refractivity contribution is 6.00. The molecule has 0 aliphatic heterocycles. The normalized spacial score (nSPS) is 11.7. The minimum Gasteiger partial charge on any atom is -0.467 e. The quantitative estimate of drug-likeness (QED) is 0.602. The number of nitrogens with one attached hydrogen (secondary N) is 1. The fourth-order valence-electron chi connectivity index (χ4n) is 1.24. The molecule has 3 N–H and O–H groups in total. The van der Waals surface area contributed by atoms with E-state index in [4.69, 9.17) is 5.73 Å². The zero-order chi connectivity index (χ0) is 13.0. The molecule has 1 atom stereocenters.